The van der Waals surface area contributed by atoms with Crippen LogP contribution in [0, 0.1) is 0 Å². The second-order valence-electron chi connectivity index (χ2n) is 13.3. The predicted octanol–water partition coefficient (Wildman–Crippen LogP) is 11.5. The van der Waals surface area contributed by atoms with Crippen LogP contribution in [0.5, 0.6) is 5.75 Å². The quantitative estimate of drug-likeness (QED) is 0.106. The van der Waals surface area contributed by atoms with Crippen LogP contribution in [-0.2, 0) is 21.3 Å². The van der Waals surface area contributed by atoms with Gasteiger partial charge in [0.2, 0.25) is 6.29 Å². The van der Waals surface area contributed by atoms with E-state index in [9.17, 15) is 0 Å². The molecule has 0 saturated heterocycles. The highest BCUT2D eigenvalue weighted by atomic mass is 16.7. The first kappa shape index (κ1) is 33.6. The first-order valence-electron chi connectivity index (χ1n) is 17.8. The molecule has 0 heterocycles. The Balaban J connectivity index is 1.21. The van der Waals surface area contributed by atoms with Crippen LogP contribution in [0.25, 0.3) is 11.1 Å². The summed E-state index contributed by atoms with van der Waals surface area (Å²) in [7, 11) is 0. The van der Waals surface area contributed by atoms with E-state index in [1.807, 2.05) is 6.92 Å². The van der Waals surface area contributed by atoms with Crippen LogP contribution in [0.3, 0.4) is 0 Å². The Morgan fingerprint density at radius 1 is 0.875 bits per heavy atom. The van der Waals surface area contributed by atoms with Gasteiger partial charge in [-0.1, -0.05) is 116 Å². The van der Waals surface area contributed by atoms with Crippen molar-refractivity contribution in [1.29, 1.82) is 0 Å². The van der Waals surface area contributed by atoms with Crippen molar-refractivity contribution in [2.75, 3.05) is 13.2 Å². The summed E-state index contributed by atoms with van der Waals surface area (Å²) in [5, 5.41) is 0. The molecule has 2 atom stereocenters. The maximum absolute atomic E-state index is 6.72. The van der Waals surface area contributed by atoms with E-state index in [-0.39, 0.29) is 5.41 Å². The number of ether oxygens (including phenoxy) is 3. The highest BCUT2D eigenvalue weighted by molar-refractivity contribution is 5.80. The molecule has 248 valence electrons. The van der Waals surface area contributed by atoms with Gasteiger partial charge in [0, 0.05) is 12.0 Å². The van der Waals surface area contributed by atoms with Crippen LogP contribution in [0.1, 0.15) is 88.0 Å². The van der Waals surface area contributed by atoms with E-state index < -0.39 is 6.29 Å². The summed E-state index contributed by atoms with van der Waals surface area (Å²) in [6, 6.07) is 27.9. The van der Waals surface area contributed by atoms with Crippen molar-refractivity contribution in [3.63, 3.8) is 0 Å². The van der Waals surface area contributed by atoms with Crippen molar-refractivity contribution < 1.29 is 14.2 Å². The first-order chi connectivity index (χ1) is 23.6. The summed E-state index contributed by atoms with van der Waals surface area (Å²) in [4.78, 5) is 0. The number of fused-ring (bicyclic) bond motifs is 1. The summed E-state index contributed by atoms with van der Waals surface area (Å²) < 4.78 is 20.0. The largest absolute Gasteiger partial charge is 0.490 e. The average Bonchev–Trinajstić information content (AvgIpc) is 3.13. The van der Waals surface area contributed by atoms with Crippen molar-refractivity contribution in [3.8, 4) is 5.75 Å². The highest BCUT2D eigenvalue weighted by Crippen LogP contribution is 2.42. The molecule has 0 aromatic heterocycles. The Kier molecular flexibility index (Phi) is 11.3. The summed E-state index contributed by atoms with van der Waals surface area (Å²) in [6.45, 7) is 7.38. The molecule has 0 amide bonds. The third-order valence-corrected chi connectivity index (χ3v) is 9.95. The zero-order valence-electron chi connectivity index (χ0n) is 28.9. The lowest BCUT2D eigenvalue weighted by atomic mass is 9.69. The molecule has 3 aromatic carbocycles. The van der Waals surface area contributed by atoms with E-state index in [2.05, 4.69) is 135 Å². The molecule has 6 rings (SSSR count). The predicted molar refractivity (Wildman–Crippen MR) is 200 cm³/mol. The number of hydrogen-bond acceptors (Lipinski definition) is 3. The number of allylic oxidation sites excluding steroid dienone is 11. The van der Waals surface area contributed by atoms with Crippen molar-refractivity contribution in [3.05, 3.63) is 161 Å². The van der Waals surface area contributed by atoms with Gasteiger partial charge in [0.05, 0.1) is 6.61 Å². The fourth-order valence-electron chi connectivity index (χ4n) is 7.51. The molecule has 3 aliphatic carbocycles. The second-order valence-corrected chi connectivity index (χ2v) is 13.3. The second kappa shape index (κ2) is 16.2. The van der Waals surface area contributed by atoms with E-state index in [1.54, 1.807) is 0 Å². The molecule has 3 nitrogen and oxygen atoms in total. The number of rotatable bonds is 13. The molecule has 0 aliphatic heterocycles. The van der Waals surface area contributed by atoms with Crippen LogP contribution >= 0.6 is 0 Å². The maximum atomic E-state index is 6.72. The molecule has 2 unspecified atom stereocenters. The molecule has 0 bridgehead atoms. The van der Waals surface area contributed by atoms with Crippen molar-refractivity contribution in [1.82, 2.24) is 0 Å². The van der Waals surface area contributed by atoms with Gasteiger partial charge in [-0.3, -0.25) is 0 Å². The topological polar surface area (TPSA) is 27.7 Å². The monoisotopic (exact) mass is 638 g/mol. The van der Waals surface area contributed by atoms with Crippen molar-refractivity contribution in [2.24, 2.45) is 0 Å². The molecule has 48 heavy (non-hydrogen) atoms. The van der Waals surface area contributed by atoms with Crippen molar-refractivity contribution >= 4 is 11.1 Å². The molecule has 0 radical (unpaired) electrons. The maximum Gasteiger partial charge on any atom is 0.200 e. The van der Waals surface area contributed by atoms with Crippen LogP contribution in [-0.4, -0.2) is 19.5 Å². The van der Waals surface area contributed by atoms with E-state index in [0.717, 1.165) is 56.5 Å². The lowest BCUT2D eigenvalue weighted by Gasteiger charge is -2.38. The number of hydrogen-bond donors (Lipinski definition) is 0. The van der Waals surface area contributed by atoms with Gasteiger partial charge in [-0.15, -0.1) is 0 Å². The minimum Gasteiger partial charge on any atom is -0.490 e. The highest BCUT2D eigenvalue weighted by Gasteiger charge is 2.35. The standard InChI is InChI=1S/C45H50O3/c1-4-16-34(5-2)35-26-28-39(29-27-35)48-43(33-45(3)30-15-22-38-21-12-13-25-42(38)45)46-31-32-47-44-40(36-17-8-6-9-18-36)23-14-24-41(44)37-19-10-7-11-20-37/h4-10,12-13,16-19,21,23,25-29,43H,11,14-15,20,22,24,30-33H2,1-3H3/b16-4-,34-5-. The van der Waals surface area contributed by atoms with Gasteiger partial charge in [0.15, 0.2) is 0 Å². The molecule has 3 aromatic rings. The molecular formula is C45H50O3. The van der Waals surface area contributed by atoms with Gasteiger partial charge in [-0.25, -0.2) is 0 Å². The third kappa shape index (κ3) is 8.02. The number of benzene rings is 3. The molecule has 0 N–H and O–H groups in total. The third-order valence-electron chi connectivity index (χ3n) is 9.95. The van der Waals surface area contributed by atoms with E-state index in [1.165, 1.54) is 51.0 Å². The van der Waals surface area contributed by atoms with Crippen LogP contribution < -0.4 is 4.74 Å². The van der Waals surface area contributed by atoms with E-state index in [4.69, 9.17) is 14.2 Å². The molecule has 3 heteroatoms. The molecule has 0 fully saturated rings. The van der Waals surface area contributed by atoms with Crippen LogP contribution in [0.2, 0.25) is 0 Å². The van der Waals surface area contributed by atoms with Crippen LogP contribution in [0.15, 0.2) is 138 Å². The molecule has 3 aliphatic rings. The Morgan fingerprint density at radius 2 is 1.69 bits per heavy atom. The van der Waals surface area contributed by atoms with Gasteiger partial charge >= 0.3 is 0 Å². The zero-order chi connectivity index (χ0) is 33.2. The van der Waals surface area contributed by atoms with Gasteiger partial charge < -0.3 is 14.2 Å². The first-order valence-corrected chi connectivity index (χ1v) is 17.8. The van der Waals surface area contributed by atoms with Gasteiger partial charge in [0.25, 0.3) is 0 Å². The summed E-state index contributed by atoms with van der Waals surface area (Å²) in [6.07, 6.45) is 23.3. The van der Waals surface area contributed by atoms with Gasteiger partial charge in [-0.2, -0.15) is 0 Å². The Labute approximate surface area is 288 Å². The summed E-state index contributed by atoms with van der Waals surface area (Å²) in [5.74, 6) is 1.82. The fourth-order valence-corrected chi connectivity index (χ4v) is 7.51. The SMILES string of the molecule is C/C=C\C(=C\C)c1ccc(OC(CC2(C)CCCc3ccccc32)OCCOC2=C(C3=CC=CCC3)CCC=C2c2ccccc2)cc1. The minimum atomic E-state index is -0.414. The van der Waals surface area contributed by atoms with E-state index in [0.29, 0.717) is 13.2 Å². The van der Waals surface area contributed by atoms with E-state index >= 15 is 0 Å². The Morgan fingerprint density at radius 3 is 2.46 bits per heavy atom. The Hall–Kier alpha value is -4.34. The number of aryl methyl sites for hydroxylation is 1. The van der Waals surface area contributed by atoms with Crippen molar-refractivity contribution in [2.45, 2.75) is 83.8 Å². The molecular weight excluding hydrogens is 588 g/mol. The lowest BCUT2D eigenvalue weighted by molar-refractivity contribution is -0.105. The van der Waals surface area contributed by atoms with Gasteiger partial charge in [0.1, 0.15) is 18.1 Å². The summed E-state index contributed by atoms with van der Waals surface area (Å²) >= 11 is 0. The summed E-state index contributed by atoms with van der Waals surface area (Å²) in [5.41, 5.74) is 10.3. The molecule has 0 spiro atoms. The fraction of sp³-hybridized carbons (Fsp3) is 0.333. The van der Waals surface area contributed by atoms with Gasteiger partial charge in [-0.05, 0) is 115 Å². The average molecular weight is 639 g/mol. The lowest BCUT2D eigenvalue weighted by Crippen LogP contribution is -2.36. The normalized spacial score (nSPS) is 20.3. The van der Waals surface area contributed by atoms with Crippen LogP contribution in [0.4, 0.5) is 0 Å². The smallest absolute Gasteiger partial charge is 0.200 e. The zero-order valence-corrected chi connectivity index (χ0v) is 28.9. The minimum absolute atomic E-state index is 0.0341. The Bertz CT molecular complexity index is 1720. The molecule has 0 saturated carbocycles.